The van der Waals surface area contributed by atoms with Gasteiger partial charge in [0.25, 0.3) is 5.91 Å². The summed E-state index contributed by atoms with van der Waals surface area (Å²) in [5.74, 6) is -0.671. The maximum Gasteiger partial charge on any atom is 0.280 e. The van der Waals surface area contributed by atoms with E-state index in [-0.39, 0.29) is 34.5 Å². The van der Waals surface area contributed by atoms with Gasteiger partial charge in [0, 0.05) is 25.1 Å². The van der Waals surface area contributed by atoms with E-state index in [0.29, 0.717) is 43.1 Å². The van der Waals surface area contributed by atoms with Crippen LogP contribution in [0, 0.1) is 5.13 Å². The Balaban J connectivity index is 1.50. The summed E-state index contributed by atoms with van der Waals surface area (Å²) in [7, 11) is -3.75. The van der Waals surface area contributed by atoms with Crippen LogP contribution < -0.4 is 10.0 Å². The monoisotopic (exact) mass is 498 g/mol. The minimum absolute atomic E-state index is 0.0381. The summed E-state index contributed by atoms with van der Waals surface area (Å²) in [5, 5.41) is 5.97. The molecule has 3 heterocycles. The van der Waals surface area contributed by atoms with E-state index in [1.807, 2.05) is 0 Å². The predicted octanol–water partition coefficient (Wildman–Crippen LogP) is 1.89. The number of hydrogen-bond donors (Lipinski definition) is 2. The molecule has 0 unspecified atom stereocenters. The lowest BCUT2D eigenvalue weighted by atomic mass is 10.1. The number of anilines is 1. The molecule has 0 radical (unpaired) electrons. The van der Waals surface area contributed by atoms with E-state index in [1.54, 1.807) is 0 Å². The standard InChI is InChI=1S/C20H23FN4O6S2/c21-17-11-22-20(32-17)24-19(26)18(25-31-15-7-9-29-12-15)13-3-5-16(6-4-13)33(27,28)23-10-14-2-1-8-30-14/h3-6,11,14-15,23H,1-2,7-10,12H2,(H,22,24,26)/b25-18+/t14-,15-/m1/s1. The number of ether oxygens (including phenoxy) is 2. The molecule has 13 heteroatoms. The number of halogens is 1. The van der Waals surface area contributed by atoms with Crippen LogP contribution in [0.4, 0.5) is 9.52 Å². The van der Waals surface area contributed by atoms with Gasteiger partial charge in [-0.25, -0.2) is 18.1 Å². The molecule has 2 fully saturated rings. The molecule has 33 heavy (non-hydrogen) atoms. The average molecular weight is 499 g/mol. The lowest BCUT2D eigenvalue weighted by Crippen LogP contribution is -2.31. The van der Waals surface area contributed by atoms with Crippen molar-refractivity contribution in [2.24, 2.45) is 5.16 Å². The molecule has 0 saturated carbocycles. The van der Waals surface area contributed by atoms with Crippen LogP contribution in [-0.4, -0.2) is 63.6 Å². The highest BCUT2D eigenvalue weighted by atomic mass is 32.2. The number of nitrogens with one attached hydrogen (secondary N) is 2. The first-order chi connectivity index (χ1) is 15.9. The van der Waals surface area contributed by atoms with Crippen LogP contribution in [0.15, 0.2) is 40.5 Å². The van der Waals surface area contributed by atoms with Crippen molar-refractivity contribution in [3.63, 3.8) is 0 Å². The third-order valence-electron chi connectivity index (χ3n) is 5.06. The molecule has 0 bridgehead atoms. The molecule has 10 nitrogen and oxygen atoms in total. The van der Waals surface area contributed by atoms with Crippen molar-refractivity contribution in [1.29, 1.82) is 0 Å². The second-order valence-corrected chi connectivity index (χ2v) is 10.2. The second-order valence-electron chi connectivity index (χ2n) is 7.47. The summed E-state index contributed by atoms with van der Waals surface area (Å²) in [4.78, 5) is 22.1. The number of carbonyl (C=O) groups is 1. The highest BCUT2D eigenvalue weighted by Gasteiger charge is 2.23. The zero-order valence-corrected chi connectivity index (χ0v) is 19.2. The summed E-state index contributed by atoms with van der Waals surface area (Å²) < 4.78 is 51.6. The van der Waals surface area contributed by atoms with E-state index in [2.05, 4.69) is 20.2 Å². The lowest BCUT2D eigenvalue weighted by molar-refractivity contribution is -0.110. The van der Waals surface area contributed by atoms with Crippen molar-refractivity contribution in [2.45, 2.75) is 36.4 Å². The van der Waals surface area contributed by atoms with Gasteiger partial charge in [0.15, 0.2) is 22.1 Å². The first-order valence-corrected chi connectivity index (χ1v) is 12.7. The van der Waals surface area contributed by atoms with E-state index in [9.17, 15) is 17.6 Å². The number of rotatable bonds is 9. The Morgan fingerprint density at radius 1 is 1.27 bits per heavy atom. The van der Waals surface area contributed by atoms with Crippen LogP contribution in [0.2, 0.25) is 0 Å². The summed E-state index contributed by atoms with van der Waals surface area (Å²) in [6, 6.07) is 5.65. The molecular weight excluding hydrogens is 475 g/mol. The maximum atomic E-state index is 13.2. The van der Waals surface area contributed by atoms with Gasteiger partial charge in [-0.05, 0) is 25.0 Å². The van der Waals surface area contributed by atoms with Gasteiger partial charge in [-0.1, -0.05) is 28.6 Å². The maximum absolute atomic E-state index is 13.2. The van der Waals surface area contributed by atoms with Crippen molar-refractivity contribution in [3.8, 4) is 0 Å². The van der Waals surface area contributed by atoms with Crippen molar-refractivity contribution < 1.29 is 31.9 Å². The zero-order valence-electron chi connectivity index (χ0n) is 17.5. The largest absolute Gasteiger partial charge is 0.389 e. The molecule has 178 valence electrons. The van der Waals surface area contributed by atoms with Gasteiger partial charge in [0.2, 0.25) is 10.0 Å². The minimum atomic E-state index is -3.75. The van der Waals surface area contributed by atoms with E-state index < -0.39 is 21.1 Å². The highest BCUT2D eigenvalue weighted by molar-refractivity contribution is 7.89. The first-order valence-electron chi connectivity index (χ1n) is 10.4. The van der Waals surface area contributed by atoms with Gasteiger partial charge >= 0.3 is 0 Å². The smallest absolute Gasteiger partial charge is 0.280 e. The van der Waals surface area contributed by atoms with Crippen LogP contribution in [0.3, 0.4) is 0 Å². The summed E-state index contributed by atoms with van der Waals surface area (Å²) in [6.45, 7) is 1.71. The third-order valence-corrected chi connectivity index (χ3v) is 7.20. The van der Waals surface area contributed by atoms with Crippen LogP contribution in [0.25, 0.3) is 0 Å². The number of hydrogen-bond acceptors (Lipinski definition) is 9. The molecule has 2 N–H and O–H groups in total. The van der Waals surface area contributed by atoms with Crippen molar-refractivity contribution in [3.05, 3.63) is 41.2 Å². The van der Waals surface area contributed by atoms with E-state index in [4.69, 9.17) is 14.3 Å². The van der Waals surface area contributed by atoms with Crippen LogP contribution in [0.5, 0.6) is 0 Å². The number of sulfonamides is 1. The van der Waals surface area contributed by atoms with Gasteiger partial charge in [0.05, 0.1) is 30.4 Å². The molecule has 1 amide bonds. The first kappa shape index (κ1) is 23.7. The average Bonchev–Trinajstić information content (AvgIpc) is 3.57. The number of benzene rings is 1. The molecule has 4 rings (SSSR count). The summed E-state index contributed by atoms with van der Waals surface area (Å²) in [5.41, 5.74) is 0.218. The summed E-state index contributed by atoms with van der Waals surface area (Å²) in [6.07, 6.45) is 2.91. The SMILES string of the molecule is O=C(Nc1ncc(F)s1)/C(=N/O[C@@H]1CCOC1)c1ccc(S(=O)(=O)NC[C@H]2CCCO2)cc1. The molecule has 2 aliphatic heterocycles. The fourth-order valence-electron chi connectivity index (χ4n) is 3.30. The van der Waals surface area contributed by atoms with Gasteiger partial charge in [-0.3, -0.25) is 10.1 Å². The highest BCUT2D eigenvalue weighted by Crippen LogP contribution is 2.18. The van der Waals surface area contributed by atoms with Crippen molar-refractivity contribution in [2.75, 3.05) is 31.7 Å². The molecule has 0 spiro atoms. The number of nitrogens with zero attached hydrogens (tertiary/aromatic N) is 2. The van der Waals surface area contributed by atoms with Gasteiger partial charge in [-0.2, -0.15) is 4.39 Å². The number of thiazole rings is 1. The van der Waals surface area contributed by atoms with Crippen molar-refractivity contribution >= 4 is 38.1 Å². The Bertz CT molecular complexity index is 1090. The topological polar surface area (TPSA) is 128 Å². The molecule has 2 aliphatic rings. The van der Waals surface area contributed by atoms with Crippen molar-refractivity contribution in [1.82, 2.24) is 9.71 Å². The zero-order chi connectivity index (χ0) is 23.3. The molecule has 2 atom stereocenters. The van der Waals surface area contributed by atoms with E-state index in [1.165, 1.54) is 24.3 Å². The van der Waals surface area contributed by atoms with E-state index in [0.717, 1.165) is 19.0 Å². The fraction of sp³-hybridized carbons (Fsp3) is 0.450. The normalized spacial score (nSPS) is 21.3. The lowest BCUT2D eigenvalue weighted by Gasteiger charge is -2.12. The molecular formula is C20H23FN4O6S2. The number of aromatic nitrogens is 1. The minimum Gasteiger partial charge on any atom is -0.389 e. The summed E-state index contributed by atoms with van der Waals surface area (Å²) >= 11 is 0.670. The van der Waals surface area contributed by atoms with Gasteiger partial charge in [0.1, 0.15) is 0 Å². The van der Waals surface area contributed by atoms with Gasteiger partial charge < -0.3 is 14.3 Å². The molecule has 1 aromatic heterocycles. The second kappa shape index (κ2) is 10.7. The molecule has 1 aromatic carbocycles. The molecule has 2 saturated heterocycles. The Labute approximate surface area is 194 Å². The van der Waals surface area contributed by atoms with Gasteiger partial charge in [-0.15, -0.1) is 0 Å². The third kappa shape index (κ3) is 6.32. The Hall–Kier alpha value is -2.45. The number of carbonyl (C=O) groups excluding carboxylic acids is 1. The Morgan fingerprint density at radius 2 is 2.09 bits per heavy atom. The van der Waals surface area contributed by atoms with Crippen LogP contribution in [-0.2, 0) is 29.1 Å². The number of oxime groups is 1. The van der Waals surface area contributed by atoms with Crippen LogP contribution in [0.1, 0.15) is 24.8 Å². The number of amides is 1. The fourth-order valence-corrected chi connectivity index (χ4v) is 4.91. The van der Waals surface area contributed by atoms with E-state index >= 15 is 0 Å². The predicted molar refractivity (Wildman–Crippen MR) is 118 cm³/mol. The molecule has 0 aliphatic carbocycles. The Kier molecular flexibility index (Phi) is 7.65. The van der Waals surface area contributed by atoms with Crippen LogP contribution >= 0.6 is 11.3 Å². The quantitative estimate of drug-likeness (QED) is 0.399. The Morgan fingerprint density at radius 3 is 2.73 bits per heavy atom. The molecule has 2 aromatic rings.